The van der Waals surface area contributed by atoms with Crippen LogP contribution in [0, 0.1) is 0 Å². The molecule has 0 aliphatic carbocycles. The number of nitrogens with zero attached hydrogens (tertiary/aromatic N) is 2. The van der Waals surface area contributed by atoms with Gasteiger partial charge in [0.15, 0.2) is 0 Å². The van der Waals surface area contributed by atoms with E-state index in [1.54, 1.807) is 0 Å². The number of rotatable bonds is 5. The first-order valence-corrected chi connectivity index (χ1v) is 5.96. The first-order chi connectivity index (χ1) is 8.86. The number of methoxy groups -OCH3 is 1. The topological polar surface area (TPSA) is 111 Å². The zero-order chi connectivity index (χ0) is 14.6. The molecular weight excluding hydrogens is 256 g/mol. The third kappa shape index (κ3) is 4.05. The van der Waals surface area contributed by atoms with Crippen LogP contribution in [0.5, 0.6) is 0 Å². The summed E-state index contributed by atoms with van der Waals surface area (Å²) in [5.41, 5.74) is 0. The van der Waals surface area contributed by atoms with Crippen molar-refractivity contribution in [3.63, 3.8) is 0 Å². The van der Waals surface area contributed by atoms with Crippen LogP contribution in [0.4, 0.5) is 4.79 Å². The zero-order valence-electron chi connectivity index (χ0n) is 11.0. The van der Waals surface area contributed by atoms with Crippen molar-refractivity contribution < 1.29 is 29.6 Å². The quantitative estimate of drug-likeness (QED) is 0.567. The number of aliphatic hydroxyl groups is 2. The standard InChI is InChI=1S/C11H20N2O6/c1-12(4-8(15)6-19-2)11(18)13-5-7(14)3-9(13)10(16)17/h7-9,14-15H,3-6H2,1-2H3,(H,16,17)/t7-,8?,9+/m1/s1. The molecule has 0 aromatic heterocycles. The number of hydrogen-bond donors (Lipinski definition) is 3. The zero-order valence-corrected chi connectivity index (χ0v) is 11.0. The number of carboxylic acids is 1. The molecule has 8 heteroatoms. The maximum atomic E-state index is 12.1. The molecule has 3 N–H and O–H groups in total. The number of aliphatic hydroxyl groups excluding tert-OH is 2. The Balaban J connectivity index is 2.62. The summed E-state index contributed by atoms with van der Waals surface area (Å²) >= 11 is 0. The Labute approximate surface area is 111 Å². The van der Waals surface area contributed by atoms with Crippen molar-refractivity contribution in [2.75, 3.05) is 33.9 Å². The molecular formula is C11H20N2O6. The number of β-amino-alcohol motifs (C(OH)–C–C–N with tert-alkyl or cyclic N) is 1. The summed E-state index contributed by atoms with van der Waals surface area (Å²) in [6.07, 6.45) is -1.65. The highest BCUT2D eigenvalue weighted by Gasteiger charge is 2.40. The van der Waals surface area contributed by atoms with E-state index in [0.29, 0.717) is 0 Å². The fraction of sp³-hybridized carbons (Fsp3) is 0.818. The van der Waals surface area contributed by atoms with E-state index in [9.17, 15) is 19.8 Å². The van der Waals surface area contributed by atoms with Gasteiger partial charge in [0.05, 0.1) is 25.4 Å². The molecule has 2 amide bonds. The summed E-state index contributed by atoms with van der Waals surface area (Å²) < 4.78 is 4.75. The Morgan fingerprint density at radius 2 is 2.16 bits per heavy atom. The van der Waals surface area contributed by atoms with Gasteiger partial charge in [-0.15, -0.1) is 0 Å². The van der Waals surface area contributed by atoms with Crippen LogP contribution in [0.2, 0.25) is 0 Å². The van der Waals surface area contributed by atoms with Crippen LogP contribution in [0.3, 0.4) is 0 Å². The van der Waals surface area contributed by atoms with Crippen molar-refractivity contribution in [2.45, 2.75) is 24.7 Å². The Kier molecular flexibility index (Phi) is 5.52. The van der Waals surface area contributed by atoms with Gasteiger partial charge in [0.2, 0.25) is 0 Å². The number of ether oxygens (including phenoxy) is 1. The number of carbonyl (C=O) groups is 2. The van der Waals surface area contributed by atoms with E-state index in [1.807, 2.05) is 0 Å². The SMILES string of the molecule is COCC(O)CN(C)C(=O)N1C[C@H](O)C[C@H]1C(=O)O. The van der Waals surface area contributed by atoms with Crippen molar-refractivity contribution >= 4 is 12.0 Å². The average molecular weight is 276 g/mol. The van der Waals surface area contributed by atoms with Crippen molar-refractivity contribution in [1.29, 1.82) is 0 Å². The molecule has 1 fully saturated rings. The van der Waals surface area contributed by atoms with Crippen molar-refractivity contribution in [3.05, 3.63) is 0 Å². The van der Waals surface area contributed by atoms with Gasteiger partial charge in [-0.2, -0.15) is 0 Å². The number of carbonyl (C=O) groups excluding carboxylic acids is 1. The summed E-state index contributed by atoms with van der Waals surface area (Å²) in [4.78, 5) is 25.4. The van der Waals surface area contributed by atoms with E-state index in [0.717, 1.165) is 4.90 Å². The lowest BCUT2D eigenvalue weighted by molar-refractivity contribution is -0.141. The van der Waals surface area contributed by atoms with E-state index in [4.69, 9.17) is 9.84 Å². The molecule has 1 saturated heterocycles. The monoisotopic (exact) mass is 276 g/mol. The van der Waals surface area contributed by atoms with E-state index in [-0.39, 0.29) is 26.1 Å². The largest absolute Gasteiger partial charge is 0.480 e. The summed E-state index contributed by atoms with van der Waals surface area (Å²) in [5, 5.41) is 28.0. The fourth-order valence-electron chi connectivity index (χ4n) is 2.12. The number of aliphatic carboxylic acids is 1. The van der Waals surface area contributed by atoms with Crippen LogP contribution >= 0.6 is 0 Å². The normalized spacial score (nSPS) is 24.3. The summed E-state index contributed by atoms with van der Waals surface area (Å²) in [6, 6.07) is -1.55. The molecule has 8 nitrogen and oxygen atoms in total. The van der Waals surface area contributed by atoms with E-state index >= 15 is 0 Å². The van der Waals surface area contributed by atoms with Gasteiger partial charge in [0.25, 0.3) is 0 Å². The second-order valence-electron chi connectivity index (χ2n) is 4.67. The second kappa shape index (κ2) is 6.69. The van der Waals surface area contributed by atoms with E-state index in [1.165, 1.54) is 19.1 Å². The van der Waals surface area contributed by atoms with Gasteiger partial charge in [-0.3, -0.25) is 0 Å². The number of likely N-dealkylation sites (N-methyl/N-ethyl adjacent to an activating group) is 1. The molecule has 0 saturated carbocycles. The minimum atomic E-state index is -1.14. The van der Waals surface area contributed by atoms with Crippen LogP contribution in [0.15, 0.2) is 0 Å². The molecule has 0 bridgehead atoms. The fourth-order valence-corrected chi connectivity index (χ4v) is 2.12. The number of likely N-dealkylation sites (tertiary alicyclic amines) is 1. The van der Waals surface area contributed by atoms with E-state index in [2.05, 4.69) is 0 Å². The Bertz CT molecular complexity index is 337. The van der Waals surface area contributed by atoms with Gasteiger partial charge in [-0.1, -0.05) is 0 Å². The molecule has 0 radical (unpaired) electrons. The average Bonchev–Trinajstić information content (AvgIpc) is 2.70. The minimum Gasteiger partial charge on any atom is -0.480 e. The molecule has 0 aromatic carbocycles. The highest BCUT2D eigenvalue weighted by atomic mass is 16.5. The summed E-state index contributed by atoms with van der Waals surface area (Å²) in [5.74, 6) is -1.14. The van der Waals surface area contributed by atoms with Crippen LogP contribution in [0.1, 0.15) is 6.42 Å². The smallest absolute Gasteiger partial charge is 0.326 e. The number of hydrogen-bond acceptors (Lipinski definition) is 5. The van der Waals surface area contributed by atoms with Crippen molar-refractivity contribution in [3.8, 4) is 0 Å². The molecule has 1 heterocycles. The molecule has 1 aliphatic rings. The lowest BCUT2D eigenvalue weighted by atomic mass is 10.2. The minimum absolute atomic E-state index is 0.0134. The third-order valence-electron chi connectivity index (χ3n) is 2.98. The molecule has 1 rings (SSSR count). The first-order valence-electron chi connectivity index (χ1n) is 5.96. The molecule has 1 aliphatic heterocycles. The second-order valence-corrected chi connectivity index (χ2v) is 4.67. The van der Waals surface area contributed by atoms with E-state index < -0.39 is 30.3 Å². The van der Waals surface area contributed by atoms with Gasteiger partial charge in [0, 0.05) is 27.1 Å². The number of carboxylic acid groups (broad SMARTS) is 1. The summed E-state index contributed by atoms with van der Waals surface area (Å²) in [7, 11) is 2.90. The van der Waals surface area contributed by atoms with Crippen molar-refractivity contribution in [1.82, 2.24) is 9.80 Å². The molecule has 19 heavy (non-hydrogen) atoms. The predicted molar refractivity (Wildman–Crippen MR) is 64.7 cm³/mol. The summed E-state index contributed by atoms with van der Waals surface area (Å²) in [6.45, 7) is 0.106. The van der Waals surface area contributed by atoms with Gasteiger partial charge >= 0.3 is 12.0 Å². The Morgan fingerprint density at radius 1 is 1.53 bits per heavy atom. The van der Waals surface area contributed by atoms with Gasteiger partial charge < -0.3 is 29.9 Å². The van der Waals surface area contributed by atoms with Crippen LogP contribution in [-0.2, 0) is 9.53 Å². The first kappa shape index (κ1) is 15.7. The maximum Gasteiger partial charge on any atom is 0.326 e. The van der Waals surface area contributed by atoms with Crippen LogP contribution in [-0.4, -0.2) is 89.2 Å². The van der Waals surface area contributed by atoms with Crippen molar-refractivity contribution in [2.24, 2.45) is 0 Å². The highest BCUT2D eigenvalue weighted by molar-refractivity contribution is 5.83. The van der Waals surface area contributed by atoms with Gasteiger partial charge in [-0.05, 0) is 0 Å². The molecule has 110 valence electrons. The maximum absolute atomic E-state index is 12.1. The molecule has 0 spiro atoms. The number of amides is 2. The van der Waals surface area contributed by atoms with Gasteiger partial charge in [-0.25, -0.2) is 9.59 Å². The van der Waals surface area contributed by atoms with Gasteiger partial charge in [0.1, 0.15) is 6.04 Å². The highest BCUT2D eigenvalue weighted by Crippen LogP contribution is 2.19. The molecule has 1 unspecified atom stereocenters. The molecule has 0 aromatic rings. The predicted octanol–water partition coefficient (Wildman–Crippen LogP) is -1.43. The van der Waals surface area contributed by atoms with Crippen LogP contribution < -0.4 is 0 Å². The Hall–Kier alpha value is -1.38. The Morgan fingerprint density at radius 3 is 2.68 bits per heavy atom. The van der Waals surface area contributed by atoms with Crippen LogP contribution in [0.25, 0.3) is 0 Å². The molecule has 3 atom stereocenters. The number of urea groups is 1. The lowest BCUT2D eigenvalue weighted by Gasteiger charge is -2.28. The third-order valence-corrected chi connectivity index (χ3v) is 2.98. The lowest BCUT2D eigenvalue weighted by Crippen LogP contribution is -2.49.